The molecule has 9 nitrogen and oxygen atoms in total. The number of phosphoric ester groups is 1. The summed E-state index contributed by atoms with van der Waals surface area (Å²) in [6, 6.07) is 0. The average molecular weight is 594 g/mol. The summed E-state index contributed by atoms with van der Waals surface area (Å²) < 4.78 is 31.3. The topological polar surface area (TPSA) is 134 Å². The molecule has 0 amide bonds. The number of unbranched alkanes of at least 4 members (excludes halogenated alkanes) is 19. The van der Waals surface area contributed by atoms with E-state index in [4.69, 9.17) is 19.7 Å². The number of nitrogens with two attached hydrogens (primary N) is 1. The molecule has 0 radical (unpaired) electrons. The van der Waals surface area contributed by atoms with Gasteiger partial charge in [-0.3, -0.25) is 18.6 Å². The predicted molar refractivity (Wildman–Crippen MR) is 160 cm³/mol. The number of rotatable bonds is 30. The van der Waals surface area contributed by atoms with Gasteiger partial charge in [0.25, 0.3) is 0 Å². The maximum absolute atomic E-state index is 12.0. The van der Waals surface area contributed by atoms with E-state index in [1.807, 2.05) is 0 Å². The quantitative estimate of drug-likeness (QED) is 0.0486. The smallest absolute Gasteiger partial charge is 0.462 e. The molecule has 40 heavy (non-hydrogen) atoms. The van der Waals surface area contributed by atoms with E-state index in [1.54, 1.807) is 0 Å². The Morgan fingerprint density at radius 2 is 1.12 bits per heavy atom. The monoisotopic (exact) mass is 593 g/mol. The molecule has 10 heteroatoms. The second-order valence-electron chi connectivity index (χ2n) is 10.8. The van der Waals surface area contributed by atoms with Crippen LogP contribution in [-0.4, -0.2) is 49.3 Å². The summed E-state index contributed by atoms with van der Waals surface area (Å²) in [6.45, 7) is 2.67. The van der Waals surface area contributed by atoms with Gasteiger partial charge in [-0.1, -0.05) is 129 Å². The number of carbonyl (C=O) groups excluding carboxylic acids is 2. The highest BCUT2D eigenvalue weighted by molar-refractivity contribution is 7.47. The third kappa shape index (κ3) is 28.5. The fraction of sp³-hybridized carbons (Fsp3) is 0.933. The van der Waals surface area contributed by atoms with E-state index in [1.165, 1.54) is 116 Å². The van der Waals surface area contributed by atoms with Crippen molar-refractivity contribution in [2.75, 3.05) is 26.4 Å². The van der Waals surface area contributed by atoms with Gasteiger partial charge in [-0.2, -0.15) is 0 Å². The Kier molecular flexibility index (Phi) is 27.4. The number of hydrogen-bond acceptors (Lipinski definition) is 8. The highest BCUT2D eigenvalue weighted by Gasteiger charge is 2.25. The largest absolute Gasteiger partial charge is 0.472 e. The summed E-state index contributed by atoms with van der Waals surface area (Å²) in [5.74, 6) is -1.01. The van der Waals surface area contributed by atoms with Gasteiger partial charge >= 0.3 is 19.8 Å². The molecule has 2 atom stereocenters. The molecule has 0 heterocycles. The molecule has 0 aromatic heterocycles. The van der Waals surface area contributed by atoms with Crippen LogP contribution in [0.1, 0.15) is 149 Å². The Labute approximate surface area is 244 Å². The minimum Gasteiger partial charge on any atom is -0.462 e. The van der Waals surface area contributed by atoms with E-state index >= 15 is 0 Å². The Balaban J connectivity index is 3.59. The Morgan fingerprint density at radius 1 is 0.700 bits per heavy atom. The molecule has 0 aromatic rings. The minimum atomic E-state index is -4.32. The first-order chi connectivity index (χ1) is 19.3. The van der Waals surface area contributed by atoms with E-state index in [-0.39, 0.29) is 26.2 Å². The molecule has 0 spiro atoms. The molecule has 0 saturated carbocycles. The highest BCUT2D eigenvalue weighted by Crippen LogP contribution is 2.43. The molecule has 238 valence electrons. The van der Waals surface area contributed by atoms with E-state index in [0.717, 1.165) is 19.3 Å². The lowest BCUT2D eigenvalue weighted by atomic mass is 10.0. The van der Waals surface area contributed by atoms with Gasteiger partial charge in [0.15, 0.2) is 6.10 Å². The third-order valence-corrected chi connectivity index (χ3v) is 7.78. The third-order valence-electron chi connectivity index (χ3n) is 6.79. The normalized spacial score (nSPS) is 13.6. The summed E-state index contributed by atoms with van der Waals surface area (Å²) in [5, 5.41) is 0. The number of ether oxygens (including phenoxy) is 2. The Morgan fingerprint density at radius 3 is 1.52 bits per heavy atom. The van der Waals surface area contributed by atoms with Gasteiger partial charge < -0.3 is 20.1 Å². The van der Waals surface area contributed by atoms with Crippen LogP contribution in [0.15, 0.2) is 0 Å². The van der Waals surface area contributed by atoms with Crippen LogP contribution in [0.25, 0.3) is 0 Å². The van der Waals surface area contributed by atoms with Crippen molar-refractivity contribution in [1.82, 2.24) is 0 Å². The molecular formula is C30H60NO8P. The van der Waals surface area contributed by atoms with E-state index < -0.39 is 32.5 Å². The van der Waals surface area contributed by atoms with Gasteiger partial charge in [0.1, 0.15) is 6.61 Å². The molecular weight excluding hydrogens is 533 g/mol. The van der Waals surface area contributed by atoms with Crippen molar-refractivity contribution in [3.05, 3.63) is 0 Å². The van der Waals surface area contributed by atoms with Crippen LogP contribution in [0.2, 0.25) is 0 Å². The number of esters is 2. The second-order valence-corrected chi connectivity index (χ2v) is 12.2. The van der Waals surface area contributed by atoms with Crippen molar-refractivity contribution in [3.8, 4) is 0 Å². The van der Waals surface area contributed by atoms with Crippen LogP contribution < -0.4 is 5.73 Å². The summed E-state index contributed by atoms with van der Waals surface area (Å²) in [6.07, 6.45) is 25.3. The first kappa shape index (κ1) is 39.0. The lowest BCUT2D eigenvalue weighted by Crippen LogP contribution is -2.28. The summed E-state index contributed by atoms with van der Waals surface area (Å²) in [7, 11) is -4.32. The molecule has 0 aliphatic heterocycles. The number of hydrogen-bond donors (Lipinski definition) is 2. The molecule has 0 fully saturated rings. The molecule has 1 unspecified atom stereocenters. The van der Waals surface area contributed by atoms with Gasteiger partial charge in [0, 0.05) is 19.9 Å². The molecule has 0 aromatic carbocycles. The number of phosphoric acid groups is 1. The first-order valence-corrected chi connectivity index (χ1v) is 17.4. The summed E-state index contributed by atoms with van der Waals surface area (Å²) in [4.78, 5) is 32.8. The average Bonchev–Trinajstić information content (AvgIpc) is 2.92. The van der Waals surface area contributed by atoms with E-state index in [2.05, 4.69) is 11.4 Å². The van der Waals surface area contributed by atoms with Crippen molar-refractivity contribution < 1.29 is 37.6 Å². The molecule has 0 bridgehead atoms. The summed E-state index contributed by atoms with van der Waals surface area (Å²) in [5.41, 5.74) is 5.23. The Bertz CT molecular complexity index is 649. The maximum atomic E-state index is 12.0. The van der Waals surface area contributed by atoms with Crippen molar-refractivity contribution >= 4 is 19.8 Å². The van der Waals surface area contributed by atoms with Gasteiger partial charge in [-0.25, -0.2) is 4.57 Å². The molecule has 0 aliphatic rings. The van der Waals surface area contributed by atoms with Crippen molar-refractivity contribution in [3.63, 3.8) is 0 Å². The molecule has 0 aliphatic carbocycles. The van der Waals surface area contributed by atoms with Crippen LogP contribution in [0.3, 0.4) is 0 Å². The highest BCUT2D eigenvalue weighted by atomic mass is 31.2. The van der Waals surface area contributed by atoms with Crippen molar-refractivity contribution in [2.45, 2.75) is 155 Å². The van der Waals surface area contributed by atoms with Gasteiger partial charge in [0.2, 0.25) is 0 Å². The van der Waals surface area contributed by atoms with Gasteiger partial charge in [-0.15, -0.1) is 0 Å². The van der Waals surface area contributed by atoms with E-state index in [0.29, 0.717) is 0 Å². The van der Waals surface area contributed by atoms with Crippen LogP contribution in [-0.2, 0) is 32.7 Å². The van der Waals surface area contributed by atoms with E-state index in [9.17, 15) is 19.0 Å². The zero-order valence-electron chi connectivity index (χ0n) is 25.6. The molecule has 0 saturated heterocycles. The lowest BCUT2D eigenvalue weighted by Gasteiger charge is -2.19. The van der Waals surface area contributed by atoms with Gasteiger partial charge in [0.05, 0.1) is 13.2 Å². The minimum absolute atomic E-state index is 0.0540. The van der Waals surface area contributed by atoms with Crippen LogP contribution >= 0.6 is 7.82 Å². The first-order valence-electron chi connectivity index (χ1n) is 16.0. The summed E-state index contributed by atoms with van der Waals surface area (Å²) >= 11 is 0. The SMILES string of the molecule is CCCCCCCCCCCCCCCCCCCCCCC(=O)OC[C@H](COP(=O)(O)OCCN)OC(C)=O. The number of carbonyl (C=O) groups is 2. The predicted octanol–water partition coefficient (Wildman–Crippen LogP) is 7.77. The Hall–Kier alpha value is -0.990. The lowest BCUT2D eigenvalue weighted by molar-refractivity contribution is -0.159. The van der Waals surface area contributed by atoms with Crippen LogP contribution in [0, 0.1) is 0 Å². The van der Waals surface area contributed by atoms with Gasteiger partial charge in [-0.05, 0) is 6.42 Å². The maximum Gasteiger partial charge on any atom is 0.472 e. The zero-order valence-corrected chi connectivity index (χ0v) is 26.5. The molecule has 3 N–H and O–H groups in total. The van der Waals surface area contributed by atoms with Crippen molar-refractivity contribution in [1.29, 1.82) is 0 Å². The van der Waals surface area contributed by atoms with Crippen LogP contribution in [0.5, 0.6) is 0 Å². The van der Waals surface area contributed by atoms with Crippen molar-refractivity contribution in [2.24, 2.45) is 5.73 Å². The second kappa shape index (κ2) is 28.1. The molecule has 0 rings (SSSR count). The standard InChI is InChI=1S/C30H60NO8P/c1-3-4-5-6-7-8-9-10-11-12-13-14-15-16-17-18-19-20-21-22-23-30(33)36-26-29(39-28(2)32)27-38-40(34,35)37-25-24-31/h29H,3-27,31H2,1-2H3,(H,34,35)/t29-/m1/s1. The van der Waals surface area contributed by atoms with Crippen LogP contribution in [0.4, 0.5) is 0 Å². The fourth-order valence-electron chi connectivity index (χ4n) is 4.52. The fourth-order valence-corrected chi connectivity index (χ4v) is 5.28. The zero-order chi connectivity index (χ0) is 29.7.